The number of aliphatic hydroxyl groups is 2. The normalized spacial score (nSPS) is 18.4. The maximum atomic E-state index is 14.4. The smallest absolute Gasteiger partial charge is 0.249 e. The summed E-state index contributed by atoms with van der Waals surface area (Å²) < 4.78 is 5.33. The van der Waals surface area contributed by atoms with Crippen LogP contribution >= 0.6 is 0 Å². The van der Waals surface area contributed by atoms with Crippen LogP contribution in [0.3, 0.4) is 0 Å². The molecule has 4 rings (SSSR count). The van der Waals surface area contributed by atoms with Crippen molar-refractivity contribution in [3.8, 4) is 5.75 Å². The van der Waals surface area contributed by atoms with Crippen molar-refractivity contribution in [1.29, 1.82) is 0 Å². The maximum Gasteiger partial charge on any atom is 0.249 e. The van der Waals surface area contributed by atoms with Gasteiger partial charge in [0.1, 0.15) is 17.3 Å². The number of ether oxygens (including phenoxy) is 1. The van der Waals surface area contributed by atoms with E-state index in [4.69, 9.17) is 4.74 Å². The monoisotopic (exact) mass is 672 g/mol. The molecule has 3 amide bonds. The van der Waals surface area contributed by atoms with E-state index in [9.17, 15) is 24.6 Å². The molecule has 10 heteroatoms. The molecule has 5 atom stereocenters. The average molecular weight is 673 g/mol. The Morgan fingerprint density at radius 1 is 0.980 bits per heavy atom. The first-order valence-electron chi connectivity index (χ1n) is 17.3. The number of hydrogen-bond acceptors (Lipinski definition) is 7. The second-order valence-corrected chi connectivity index (χ2v) is 12.9. The highest BCUT2D eigenvalue weighted by molar-refractivity contribution is 5.97. The molecular weight excluding hydrogens is 620 g/mol. The number of rotatable bonds is 19. The van der Waals surface area contributed by atoms with Gasteiger partial charge in [0, 0.05) is 26.1 Å². The Labute approximate surface area is 290 Å². The molecule has 0 aromatic heterocycles. The number of likely N-dealkylation sites (tertiary alicyclic amines) is 1. The standard InChI is InChI=1S/C39H52N4O6/c1-4-28(2)39(42-36(46)20-23-44)21-22-43(38(39)48)34(19-18-29-12-7-5-8-13-29)37(47)41-33(25-30-14-9-6-10-15-30)35(45)27-40-26-31-16-11-17-32(24-31)49-3/h5-17,24,28,33-35,40,44-45H,4,18-23,25-27H2,1-3H3,(H,41,47)(H,42,46)/t28-,33-,34-,35+,39-/m0/s1. The third-order valence-electron chi connectivity index (χ3n) is 9.68. The Morgan fingerprint density at radius 2 is 1.65 bits per heavy atom. The molecule has 0 saturated carbocycles. The summed E-state index contributed by atoms with van der Waals surface area (Å²) in [6.45, 7) is 4.61. The zero-order valence-corrected chi connectivity index (χ0v) is 28.9. The molecule has 1 saturated heterocycles. The maximum absolute atomic E-state index is 14.4. The van der Waals surface area contributed by atoms with Crippen molar-refractivity contribution >= 4 is 17.7 Å². The first-order valence-corrected chi connectivity index (χ1v) is 17.3. The molecule has 0 unspecified atom stereocenters. The lowest BCUT2D eigenvalue weighted by Gasteiger charge is -2.36. The van der Waals surface area contributed by atoms with Crippen LogP contribution in [0.25, 0.3) is 0 Å². The van der Waals surface area contributed by atoms with E-state index in [-0.39, 0.29) is 37.3 Å². The third-order valence-corrected chi connectivity index (χ3v) is 9.68. The molecule has 10 nitrogen and oxygen atoms in total. The van der Waals surface area contributed by atoms with Crippen molar-refractivity contribution < 1.29 is 29.3 Å². The molecule has 0 spiro atoms. The number of nitrogens with zero attached hydrogens (tertiary/aromatic N) is 1. The van der Waals surface area contributed by atoms with Gasteiger partial charge in [-0.05, 0) is 60.4 Å². The van der Waals surface area contributed by atoms with Crippen molar-refractivity contribution in [3.63, 3.8) is 0 Å². The number of aryl methyl sites for hydroxylation is 1. The molecule has 49 heavy (non-hydrogen) atoms. The molecule has 0 aliphatic carbocycles. The Kier molecular flexibility index (Phi) is 14.2. The molecule has 3 aromatic rings. The Balaban J connectivity index is 1.57. The van der Waals surface area contributed by atoms with E-state index < -0.39 is 29.6 Å². The predicted molar refractivity (Wildman–Crippen MR) is 190 cm³/mol. The van der Waals surface area contributed by atoms with Crippen LogP contribution in [0.15, 0.2) is 84.9 Å². The largest absolute Gasteiger partial charge is 0.497 e. The lowest BCUT2D eigenvalue weighted by Crippen LogP contribution is -2.61. The second kappa shape index (κ2) is 18.5. The van der Waals surface area contributed by atoms with E-state index in [1.54, 1.807) is 12.0 Å². The van der Waals surface area contributed by atoms with E-state index >= 15 is 0 Å². The number of methoxy groups -OCH3 is 1. The number of hydrogen-bond donors (Lipinski definition) is 5. The summed E-state index contributed by atoms with van der Waals surface area (Å²) in [6.07, 6.45) is 1.28. The van der Waals surface area contributed by atoms with Crippen molar-refractivity contribution in [2.75, 3.05) is 26.8 Å². The van der Waals surface area contributed by atoms with Gasteiger partial charge in [-0.2, -0.15) is 0 Å². The van der Waals surface area contributed by atoms with Gasteiger partial charge in [0.2, 0.25) is 17.7 Å². The van der Waals surface area contributed by atoms with Crippen LogP contribution in [-0.4, -0.2) is 83.4 Å². The molecule has 5 N–H and O–H groups in total. The minimum Gasteiger partial charge on any atom is -0.497 e. The van der Waals surface area contributed by atoms with Crippen LogP contribution in [0.2, 0.25) is 0 Å². The van der Waals surface area contributed by atoms with Gasteiger partial charge < -0.3 is 35.8 Å². The van der Waals surface area contributed by atoms with E-state index in [0.29, 0.717) is 45.2 Å². The average Bonchev–Trinajstić information content (AvgIpc) is 3.44. The van der Waals surface area contributed by atoms with Crippen LogP contribution in [0, 0.1) is 5.92 Å². The minimum atomic E-state index is -1.17. The number of carbonyl (C=O) groups excluding carboxylic acids is 3. The van der Waals surface area contributed by atoms with Crippen LogP contribution in [0.1, 0.15) is 56.2 Å². The van der Waals surface area contributed by atoms with Crippen LogP contribution < -0.4 is 20.7 Å². The Hall–Kier alpha value is -4.25. The summed E-state index contributed by atoms with van der Waals surface area (Å²) in [6, 6.07) is 25.7. The Morgan fingerprint density at radius 3 is 2.31 bits per heavy atom. The lowest BCUT2D eigenvalue weighted by atomic mass is 9.81. The molecule has 1 aliphatic heterocycles. The van der Waals surface area contributed by atoms with Crippen molar-refractivity contribution in [1.82, 2.24) is 20.9 Å². The molecule has 264 valence electrons. The third kappa shape index (κ3) is 10.1. The zero-order valence-electron chi connectivity index (χ0n) is 28.9. The second-order valence-electron chi connectivity index (χ2n) is 12.9. The number of nitrogens with one attached hydrogen (secondary N) is 3. The van der Waals surface area contributed by atoms with Gasteiger partial charge >= 0.3 is 0 Å². The zero-order chi connectivity index (χ0) is 35.2. The van der Waals surface area contributed by atoms with E-state index in [2.05, 4.69) is 16.0 Å². The summed E-state index contributed by atoms with van der Waals surface area (Å²) in [5.74, 6) is -0.470. The van der Waals surface area contributed by atoms with Crippen LogP contribution in [-0.2, 0) is 33.8 Å². The van der Waals surface area contributed by atoms with Gasteiger partial charge in [-0.25, -0.2) is 0 Å². The van der Waals surface area contributed by atoms with Crippen molar-refractivity contribution in [2.45, 2.75) is 82.6 Å². The van der Waals surface area contributed by atoms with Crippen LogP contribution in [0.4, 0.5) is 0 Å². The fourth-order valence-corrected chi connectivity index (χ4v) is 6.61. The van der Waals surface area contributed by atoms with Gasteiger partial charge in [0.05, 0.1) is 25.9 Å². The molecule has 1 aliphatic rings. The van der Waals surface area contributed by atoms with Crippen molar-refractivity contribution in [2.24, 2.45) is 5.92 Å². The fourth-order valence-electron chi connectivity index (χ4n) is 6.61. The van der Waals surface area contributed by atoms with Gasteiger partial charge in [0.15, 0.2) is 0 Å². The molecule has 0 radical (unpaired) electrons. The highest BCUT2D eigenvalue weighted by Gasteiger charge is 2.53. The number of aliphatic hydroxyl groups excluding tert-OH is 2. The van der Waals surface area contributed by atoms with E-state index in [1.807, 2.05) is 98.8 Å². The van der Waals surface area contributed by atoms with Crippen molar-refractivity contribution in [3.05, 3.63) is 102 Å². The summed E-state index contributed by atoms with van der Waals surface area (Å²) >= 11 is 0. The summed E-state index contributed by atoms with van der Waals surface area (Å²) in [7, 11) is 1.62. The number of amides is 3. The summed E-state index contributed by atoms with van der Waals surface area (Å²) in [5.41, 5.74) is 1.83. The first kappa shape index (κ1) is 37.6. The molecule has 1 heterocycles. The van der Waals surface area contributed by atoms with Crippen LogP contribution in [0.5, 0.6) is 5.75 Å². The highest BCUT2D eigenvalue weighted by Crippen LogP contribution is 2.34. The SMILES string of the molecule is CC[C@H](C)[C@@]1(NC(=O)CCO)CCN([C@@H](CCc2ccccc2)C(=O)N[C@@H](Cc2ccccc2)[C@H](O)CNCc2cccc(OC)c2)C1=O. The fraction of sp³-hybridized carbons (Fsp3) is 0.462. The predicted octanol–water partition coefficient (Wildman–Crippen LogP) is 3.39. The number of carbonyl (C=O) groups is 3. The lowest BCUT2D eigenvalue weighted by molar-refractivity contribution is -0.144. The van der Waals surface area contributed by atoms with Gasteiger partial charge in [-0.1, -0.05) is 93.1 Å². The molecular formula is C39H52N4O6. The summed E-state index contributed by atoms with van der Waals surface area (Å²) in [4.78, 5) is 43.1. The molecule has 3 aromatic carbocycles. The first-order chi connectivity index (χ1) is 23.7. The minimum absolute atomic E-state index is 0.103. The summed E-state index contributed by atoms with van der Waals surface area (Å²) in [5, 5.41) is 30.3. The molecule has 1 fully saturated rings. The van der Waals surface area contributed by atoms with E-state index in [0.717, 1.165) is 22.4 Å². The highest BCUT2D eigenvalue weighted by atomic mass is 16.5. The topological polar surface area (TPSA) is 140 Å². The Bertz CT molecular complexity index is 1490. The molecule has 0 bridgehead atoms. The quantitative estimate of drug-likeness (QED) is 0.132. The van der Waals surface area contributed by atoms with Gasteiger partial charge in [0.25, 0.3) is 0 Å². The van der Waals surface area contributed by atoms with Gasteiger partial charge in [-0.15, -0.1) is 0 Å². The number of benzene rings is 3. The van der Waals surface area contributed by atoms with Gasteiger partial charge in [-0.3, -0.25) is 14.4 Å². The van der Waals surface area contributed by atoms with E-state index in [1.165, 1.54) is 0 Å².